The first-order valence-electron chi connectivity index (χ1n) is 9.20. The molecule has 1 N–H and O–H groups in total. The van der Waals surface area contributed by atoms with Gasteiger partial charge in [-0.05, 0) is 49.5 Å². The summed E-state index contributed by atoms with van der Waals surface area (Å²) in [6.45, 7) is 3.03. The number of ether oxygens (including phenoxy) is 2. The van der Waals surface area contributed by atoms with Crippen LogP contribution < -0.4 is 14.8 Å². The van der Waals surface area contributed by atoms with Crippen molar-refractivity contribution in [1.82, 2.24) is 9.80 Å². The summed E-state index contributed by atoms with van der Waals surface area (Å²) in [6, 6.07) is 14.0. The van der Waals surface area contributed by atoms with Crippen LogP contribution >= 0.6 is 0 Å². The molecule has 2 amide bonds. The van der Waals surface area contributed by atoms with Crippen molar-refractivity contribution in [2.45, 2.75) is 0 Å². The van der Waals surface area contributed by atoms with Crippen molar-refractivity contribution in [3.8, 4) is 11.5 Å². The van der Waals surface area contributed by atoms with Crippen LogP contribution in [0.1, 0.15) is 10.4 Å². The number of benzene rings is 2. The van der Waals surface area contributed by atoms with Gasteiger partial charge in [0, 0.05) is 37.4 Å². The summed E-state index contributed by atoms with van der Waals surface area (Å²) in [4.78, 5) is 28.9. The molecule has 148 valence electrons. The Bertz CT molecular complexity index is 815. The minimum Gasteiger partial charge on any atom is -0.497 e. The molecule has 1 aliphatic rings. The minimum atomic E-state index is -0.292. The molecule has 1 heterocycles. The van der Waals surface area contributed by atoms with E-state index >= 15 is 0 Å². The van der Waals surface area contributed by atoms with Gasteiger partial charge in [0.15, 0.2) is 6.61 Å². The first kappa shape index (κ1) is 19.7. The van der Waals surface area contributed by atoms with Crippen LogP contribution in [0.25, 0.3) is 0 Å². The number of carbonyl (C=O) groups is 2. The maximum absolute atomic E-state index is 12.7. The Morgan fingerprint density at radius 1 is 1.00 bits per heavy atom. The molecule has 0 aromatic heterocycles. The van der Waals surface area contributed by atoms with Crippen molar-refractivity contribution in [3.05, 3.63) is 54.1 Å². The van der Waals surface area contributed by atoms with E-state index in [1.54, 1.807) is 55.6 Å². The lowest BCUT2D eigenvalue weighted by molar-refractivity contribution is -0.118. The molecular formula is C21H25N3O4. The second-order valence-electron chi connectivity index (χ2n) is 6.69. The maximum Gasteiger partial charge on any atom is 0.262 e. The lowest BCUT2D eigenvalue weighted by Crippen LogP contribution is -2.47. The van der Waals surface area contributed by atoms with Gasteiger partial charge in [-0.25, -0.2) is 0 Å². The second kappa shape index (κ2) is 9.23. The van der Waals surface area contributed by atoms with Crippen molar-refractivity contribution in [2.75, 3.05) is 52.3 Å². The number of amides is 2. The topological polar surface area (TPSA) is 71.1 Å². The standard InChI is InChI=1S/C21H25N3O4/c1-23-10-12-24(13-11-23)21(26)16-4-3-5-17(14-16)22-20(25)15-28-19-8-6-18(27-2)7-9-19/h3-9,14H,10-13,15H2,1-2H3,(H,22,25). The van der Waals surface area contributed by atoms with Crippen molar-refractivity contribution >= 4 is 17.5 Å². The maximum atomic E-state index is 12.7. The number of hydrogen-bond acceptors (Lipinski definition) is 5. The SMILES string of the molecule is COc1ccc(OCC(=O)Nc2cccc(C(=O)N3CCN(C)CC3)c2)cc1. The van der Waals surface area contributed by atoms with Crippen LogP contribution in [0.15, 0.2) is 48.5 Å². The number of rotatable bonds is 6. The number of piperazine rings is 1. The van der Waals surface area contributed by atoms with Crippen LogP contribution in [0.5, 0.6) is 11.5 Å². The fraction of sp³-hybridized carbons (Fsp3) is 0.333. The zero-order valence-corrected chi connectivity index (χ0v) is 16.2. The molecule has 0 saturated carbocycles. The first-order chi connectivity index (χ1) is 13.5. The number of nitrogens with zero attached hydrogens (tertiary/aromatic N) is 2. The van der Waals surface area contributed by atoms with Gasteiger partial charge in [0.1, 0.15) is 11.5 Å². The fourth-order valence-corrected chi connectivity index (χ4v) is 2.94. The largest absolute Gasteiger partial charge is 0.497 e. The molecule has 7 heteroatoms. The lowest BCUT2D eigenvalue weighted by atomic mass is 10.1. The highest BCUT2D eigenvalue weighted by Gasteiger charge is 2.20. The van der Waals surface area contributed by atoms with Crippen molar-refractivity contribution in [2.24, 2.45) is 0 Å². The summed E-state index contributed by atoms with van der Waals surface area (Å²) in [6.07, 6.45) is 0. The van der Waals surface area contributed by atoms with Crippen LogP contribution in [0.3, 0.4) is 0 Å². The van der Waals surface area contributed by atoms with E-state index in [-0.39, 0.29) is 18.4 Å². The van der Waals surface area contributed by atoms with Crippen LogP contribution in [0.2, 0.25) is 0 Å². The molecule has 0 unspecified atom stereocenters. The van der Waals surface area contributed by atoms with E-state index in [1.165, 1.54) is 0 Å². The van der Waals surface area contributed by atoms with E-state index in [2.05, 4.69) is 10.2 Å². The zero-order valence-electron chi connectivity index (χ0n) is 16.2. The molecule has 0 spiro atoms. The highest BCUT2D eigenvalue weighted by Crippen LogP contribution is 2.17. The van der Waals surface area contributed by atoms with Crippen molar-refractivity contribution in [1.29, 1.82) is 0 Å². The summed E-state index contributed by atoms with van der Waals surface area (Å²) in [5.74, 6) is 0.993. The van der Waals surface area contributed by atoms with Crippen LogP contribution in [-0.4, -0.2) is 68.6 Å². The molecule has 0 atom stereocenters. The number of methoxy groups -OCH3 is 1. The van der Waals surface area contributed by atoms with Gasteiger partial charge in [0.25, 0.3) is 11.8 Å². The van der Waals surface area contributed by atoms with Gasteiger partial charge in [-0.15, -0.1) is 0 Å². The normalized spacial score (nSPS) is 14.4. The molecule has 1 saturated heterocycles. The quantitative estimate of drug-likeness (QED) is 0.827. The summed E-state index contributed by atoms with van der Waals surface area (Å²) in [5, 5.41) is 2.77. The molecule has 3 rings (SSSR count). The van der Waals surface area contributed by atoms with Gasteiger partial charge < -0.3 is 24.6 Å². The Hall–Kier alpha value is -3.06. The van der Waals surface area contributed by atoms with Gasteiger partial charge in [-0.2, -0.15) is 0 Å². The third-order valence-corrected chi connectivity index (χ3v) is 4.61. The molecule has 0 radical (unpaired) electrons. The zero-order chi connectivity index (χ0) is 19.9. The van der Waals surface area contributed by atoms with Crippen LogP contribution in [-0.2, 0) is 4.79 Å². The molecule has 0 bridgehead atoms. The van der Waals surface area contributed by atoms with E-state index in [1.807, 2.05) is 11.9 Å². The lowest BCUT2D eigenvalue weighted by Gasteiger charge is -2.32. The molecule has 28 heavy (non-hydrogen) atoms. The van der Waals surface area contributed by atoms with Crippen molar-refractivity contribution in [3.63, 3.8) is 0 Å². The third-order valence-electron chi connectivity index (χ3n) is 4.61. The molecule has 2 aromatic carbocycles. The van der Waals surface area contributed by atoms with Gasteiger partial charge in [-0.1, -0.05) is 6.07 Å². The summed E-state index contributed by atoms with van der Waals surface area (Å²) in [5.41, 5.74) is 1.14. The van der Waals surface area contributed by atoms with Gasteiger partial charge in [0.2, 0.25) is 0 Å². The predicted molar refractivity (Wildman–Crippen MR) is 107 cm³/mol. The Morgan fingerprint density at radius 2 is 1.68 bits per heavy atom. The second-order valence-corrected chi connectivity index (χ2v) is 6.69. The van der Waals surface area contributed by atoms with Crippen molar-refractivity contribution < 1.29 is 19.1 Å². The number of carbonyl (C=O) groups excluding carboxylic acids is 2. The monoisotopic (exact) mass is 383 g/mol. The fourth-order valence-electron chi connectivity index (χ4n) is 2.94. The summed E-state index contributed by atoms with van der Waals surface area (Å²) >= 11 is 0. The number of likely N-dealkylation sites (N-methyl/N-ethyl adjacent to an activating group) is 1. The molecule has 1 aliphatic heterocycles. The molecule has 1 fully saturated rings. The number of nitrogens with one attached hydrogen (secondary N) is 1. The van der Waals surface area contributed by atoms with E-state index < -0.39 is 0 Å². The first-order valence-corrected chi connectivity index (χ1v) is 9.20. The molecule has 2 aromatic rings. The highest BCUT2D eigenvalue weighted by atomic mass is 16.5. The Balaban J connectivity index is 1.54. The number of hydrogen-bond donors (Lipinski definition) is 1. The molecular weight excluding hydrogens is 358 g/mol. The Labute approximate surface area is 164 Å². The Kier molecular flexibility index (Phi) is 6.49. The van der Waals surface area contributed by atoms with Gasteiger partial charge in [0.05, 0.1) is 7.11 Å². The Morgan fingerprint density at radius 3 is 2.36 bits per heavy atom. The van der Waals surface area contributed by atoms with E-state index in [4.69, 9.17) is 9.47 Å². The minimum absolute atomic E-state index is 0.0151. The average Bonchev–Trinajstić information content (AvgIpc) is 2.73. The van der Waals surface area contributed by atoms with Gasteiger partial charge in [-0.3, -0.25) is 9.59 Å². The number of anilines is 1. The molecule has 0 aliphatic carbocycles. The van der Waals surface area contributed by atoms with E-state index in [0.29, 0.717) is 30.1 Å². The van der Waals surface area contributed by atoms with Crippen LogP contribution in [0, 0.1) is 0 Å². The van der Waals surface area contributed by atoms with Gasteiger partial charge >= 0.3 is 0 Å². The van der Waals surface area contributed by atoms with E-state index in [0.717, 1.165) is 18.8 Å². The third kappa shape index (κ3) is 5.23. The summed E-state index contributed by atoms with van der Waals surface area (Å²) < 4.78 is 10.6. The smallest absolute Gasteiger partial charge is 0.262 e. The summed E-state index contributed by atoms with van der Waals surface area (Å²) in [7, 11) is 3.64. The van der Waals surface area contributed by atoms with Crippen LogP contribution in [0.4, 0.5) is 5.69 Å². The highest BCUT2D eigenvalue weighted by molar-refractivity contribution is 5.97. The molecule has 7 nitrogen and oxygen atoms in total. The average molecular weight is 383 g/mol. The van der Waals surface area contributed by atoms with E-state index in [9.17, 15) is 9.59 Å². The predicted octanol–water partition coefficient (Wildman–Crippen LogP) is 2.10.